The minimum absolute atomic E-state index is 0.0600. The minimum Gasteiger partial charge on any atom is -0.341 e. The Bertz CT molecular complexity index is 920. The minimum atomic E-state index is -0.458. The van der Waals surface area contributed by atoms with Crippen LogP contribution in [0.3, 0.4) is 0 Å². The highest BCUT2D eigenvalue weighted by molar-refractivity contribution is 5.94. The number of anilines is 1. The Hall–Kier alpha value is -3.33. The molecule has 1 saturated heterocycles. The monoisotopic (exact) mass is 349 g/mol. The van der Waals surface area contributed by atoms with Gasteiger partial charge in [0.2, 0.25) is 5.91 Å². The third-order valence-corrected chi connectivity index (χ3v) is 4.14. The fraction of sp³-hybridized carbons (Fsp3) is 0.250. The molecule has 0 saturated carbocycles. The molecule has 3 rings (SSSR count). The normalized spacial score (nSPS) is 13.7. The lowest BCUT2D eigenvalue weighted by Gasteiger charge is -2.26. The second-order valence-electron chi connectivity index (χ2n) is 5.95. The predicted octanol–water partition coefficient (Wildman–Crippen LogP) is 1.67. The van der Waals surface area contributed by atoms with Gasteiger partial charge in [0.25, 0.3) is 11.5 Å². The van der Waals surface area contributed by atoms with Gasteiger partial charge in [-0.1, -0.05) is 11.8 Å². The number of benzene rings is 1. The van der Waals surface area contributed by atoms with Crippen LogP contribution in [0.25, 0.3) is 0 Å². The molecule has 132 valence electrons. The van der Waals surface area contributed by atoms with Gasteiger partial charge in [0, 0.05) is 30.4 Å². The maximum atomic E-state index is 11.9. The maximum Gasteiger partial charge on any atom is 0.260 e. The number of hydrogen-bond acceptors (Lipinski definition) is 3. The Morgan fingerprint density at radius 1 is 1.15 bits per heavy atom. The van der Waals surface area contributed by atoms with E-state index in [1.54, 1.807) is 11.0 Å². The van der Waals surface area contributed by atoms with E-state index in [1.807, 2.05) is 24.3 Å². The summed E-state index contributed by atoms with van der Waals surface area (Å²) in [5.41, 5.74) is 1.31. The number of piperidine rings is 1. The summed E-state index contributed by atoms with van der Waals surface area (Å²) in [6, 6.07) is 10.5. The summed E-state index contributed by atoms with van der Waals surface area (Å²) in [6.45, 7) is 0.897. The Kier molecular flexibility index (Phi) is 5.49. The van der Waals surface area contributed by atoms with E-state index in [-0.39, 0.29) is 18.0 Å². The standard InChI is InChI=1S/C20H19N3O3/c24-18-7-1-2-14-23(18)16-10-8-15(9-11-16)5-3-12-21-19(25)17-6-4-13-22-20(17)26/h4,6,8-11,13H,1-2,7,12,14H2,(H,21,25)(H,22,26). The average molecular weight is 349 g/mol. The molecule has 0 spiro atoms. The van der Waals surface area contributed by atoms with E-state index < -0.39 is 11.5 Å². The van der Waals surface area contributed by atoms with Crippen LogP contribution in [0.1, 0.15) is 35.2 Å². The first-order chi connectivity index (χ1) is 12.6. The quantitative estimate of drug-likeness (QED) is 0.827. The second-order valence-corrected chi connectivity index (χ2v) is 5.95. The number of rotatable bonds is 3. The zero-order valence-corrected chi connectivity index (χ0v) is 14.2. The van der Waals surface area contributed by atoms with Crippen LogP contribution in [-0.2, 0) is 4.79 Å². The molecule has 6 heteroatoms. The highest BCUT2D eigenvalue weighted by Gasteiger charge is 2.19. The molecule has 6 nitrogen and oxygen atoms in total. The Labute approximate surface area is 151 Å². The molecule has 1 aliphatic rings. The number of nitrogens with zero attached hydrogens (tertiary/aromatic N) is 1. The number of hydrogen-bond donors (Lipinski definition) is 2. The number of nitrogens with one attached hydrogen (secondary N) is 2. The van der Waals surface area contributed by atoms with Crippen molar-refractivity contribution in [3.05, 3.63) is 64.1 Å². The van der Waals surface area contributed by atoms with Gasteiger partial charge in [0.1, 0.15) is 5.56 Å². The highest BCUT2D eigenvalue weighted by atomic mass is 16.2. The zero-order valence-electron chi connectivity index (χ0n) is 14.2. The fourth-order valence-electron chi connectivity index (χ4n) is 2.77. The van der Waals surface area contributed by atoms with Crippen LogP contribution in [-0.4, -0.2) is 29.9 Å². The van der Waals surface area contributed by atoms with Crippen molar-refractivity contribution in [1.82, 2.24) is 10.3 Å². The number of amides is 2. The molecular formula is C20H19N3O3. The molecule has 2 amide bonds. The lowest BCUT2D eigenvalue weighted by Crippen LogP contribution is -2.35. The van der Waals surface area contributed by atoms with E-state index in [9.17, 15) is 14.4 Å². The van der Waals surface area contributed by atoms with Gasteiger partial charge in [0.05, 0.1) is 6.54 Å². The molecule has 0 aliphatic carbocycles. The summed E-state index contributed by atoms with van der Waals surface area (Å²) in [6.07, 6.45) is 4.06. The number of aromatic amines is 1. The number of pyridine rings is 1. The molecule has 0 atom stereocenters. The molecule has 2 heterocycles. The van der Waals surface area contributed by atoms with E-state index in [0.717, 1.165) is 30.6 Å². The second kappa shape index (κ2) is 8.17. The predicted molar refractivity (Wildman–Crippen MR) is 98.9 cm³/mol. The summed E-state index contributed by atoms with van der Waals surface area (Å²) in [5, 5.41) is 2.59. The maximum absolute atomic E-state index is 11.9. The van der Waals surface area contributed by atoms with Crippen molar-refractivity contribution in [2.24, 2.45) is 0 Å². The molecule has 0 radical (unpaired) electrons. The van der Waals surface area contributed by atoms with E-state index in [2.05, 4.69) is 22.1 Å². The molecule has 1 aromatic carbocycles. The zero-order chi connectivity index (χ0) is 18.4. The first-order valence-corrected chi connectivity index (χ1v) is 8.50. The largest absolute Gasteiger partial charge is 0.341 e. The first kappa shape index (κ1) is 17.5. The van der Waals surface area contributed by atoms with Gasteiger partial charge < -0.3 is 15.2 Å². The van der Waals surface area contributed by atoms with Gasteiger partial charge in [-0.2, -0.15) is 0 Å². The Morgan fingerprint density at radius 3 is 2.69 bits per heavy atom. The van der Waals surface area contributed by atoms with E-state index in [4.69, 9.17) is 0 Å². The number of aromatic nitrogens is 1. The van der Waals surface area contributed by atoms with Crippen LogP contribution in [0.2, 0.25) is 0 Å². The van der Waals surface area contributed by atoms with Gasteiger partial charge in [0.15, 0.2) is 0 Å². The summed E-state index contributed by atoms with van der Waals surface area (Å²) in [5.74, 6) is 5.51. The smallest absolute Gasteiger partial charge is 0.260 e. The summed E-state index contributed by atoms with van der Waals surface area (Å²) in [7, 11) is 0. The van der Waals surface area contributed by atoms with Crippen LogP contribution >= 0.6 is 0 Å². The van der Waals surface area contributed by atoms with Crippen molar-refractivity contribution in [2.45, 2.75) is 19.3 Å². The average Bonchev–Trinajstić information content (AvgIpc) is 2.66. The summed E-state index contributed by atoms with van der Waals surface area (Å²) in [4.78, 5) is 39.6. The summed E-state index contributed by atoms with van der Waals surface area (Å²) < 4.78 is 0. The first-order valence-electron chi connectivity index (χ1n) is 8.50. The molecule has 2 N–H and O–H groups in total. The van der Waals surface area contributed by atoms with Gasteiger partial charge in [-0.05, 0) is 49.2 Å². The van der Waals surface area contributed by atoms with Crippen LogP contribution < -0.4 is 15.8 Å². The van der Waals surface area contributed by atoms with Crippen LogP contribution in [0.4, 0.5) is 5.69 Å². The summed E-state index contributed by atoms with van der Waals surface area (Å²) >= 11 is 0. The lowest BCUT2D eigenvalue weighted by atomic mass is 10.1. The molecule has 26 heavy (non-hydrogen) atoms. The van der Waals surface area contributed by atoms with Crippen molar-refractivity contribution in [3.63, 3.8) is 0 Å². The van der Waals surface area contributed by atoms with E-state index in [1.165, 1.54) is 12.3 Å². The van der Waals surface area contributed by atoms with Crippen LogP contribution in [0.5, 0.6) is 0 Å². The fourth-order valence-corrected chi connectivity index (χ4v) is 2.77. The van der Waals surface area contributed by atoms with Crippen molar-refractivity contribution >= 4 is 17.5 Å². The highest BCUT2D eigenvalue weighted by Crippen LogP contribution is 2.20. The van der Waals surface area contributed by atoms with Crippen molar-refractivity contribution in [1.29, 1.82) is 0 Å². The van der Waals surface area contributed by atoms with Crippen LogP contribution in [0.15, 0.2) is 47.4 Å². The third kappa shape index (κ3) is 4.19. The molecule has 1 aliphatic heterocycles. The molecule has 1 fully saturated rings. The topological polar surface area (TPSA) is 82.3 Å². The van der Waals surface area contributed by atoms with Gasteiger partial charge >= 0.3 is 0 Å². The number of carbonyl (C=O) groups is 2. The molecular weight excluding hydrogens is 330 g/mol. The van der Waals surface area contributed by atoms with Crippen molar-refractivity contribution in [3.8, 4) is 11.8 Å². The number of carbonyl (C=O) groups excluding carboxylic acids is 2. The third-order valence-electron chi connectivity index (χ3n) is 4.14. The Balaban J connectivity index is 1.57. The molecule has 0 bridgehead atoms. The molecule has 0 unspecified atom stereocenters. The van der Waals surface area contributed by atoms with Crippen molar-refractivity contribution < 1.29 is 9.59 Å². The van der Waals surface area contributed by atoms with Gasteiger partial charge in [-0.25, -0.2) is 0 Å². The molecule has 1 aromatic heterocycles. The number of H-pyrrole nitrogens is 1. The van der Waals surface area contributed by atoms with E-state index in [0.29, 0.717) is 6.42 Å². The Morgan fingerprint density at radius 2 is 1.96 bits per heavy atom. The van der Waals surface area contributed by atoms with E-state index >= 15 is 0 Å². The van der Waals surface area contributed by atoms with Crippen LogP contribution in [0, 0.1) is 11.8 Å². The van der Waals surface area contributed by atoms with Gasteiger partial charge in [-0.15, -0.1) is 0 Å². The SMILES string of the molecule is O=C(NCC#Cc1ccc(N2CCCCC2=O)cc1)c1ccc[nH]c1=O. The molecule has 2 aromatic rings. The van der Waals surface area contributed by atoms with Crippen molar-refractivity contribution in [2.75, 3.05) is 18.0 Å². The lowest BCUT2D eigenvalue weighted by molar-refractivity contribution is -0.119. The van der Waals surface area contributed by atoms with Gasteiger partial charge in [-0.3, -0.25) is 14.4 Å².